The number of pyridine rings is 1. The Labute approximate surface area is 336 Å². The van der Waals surface area contributed by atoms with E-state index in [0.717, 1.165) is 6.42 Å². The maximum atomic E-state index is 3.78. The predicted molar refractivity (Wildman–Crippen MR) is 259 cm³/mol. The second-order valence-corrected chi connectivity index (χ2v) is 6.83. The van der Waals surface area contributed by atoms with Crippen molar-refractivity contribution in [2.24, 2.45) is 0 Å². The number of nitrogens with zero attached hydrogens (tertiary/aromatic N) is 1. The van der Waals surface area contributed by atoms with Crippen molar-refractivity contribution >= 4 is 16.8 Å². The monoisotopic (exact) mass is 732 g/mol. The van der Waals surface area contributed by atoms with E-state index in [1.54, 1.807) is 12.4 Å². The standard InChI is InChI=1S/C10H8.C9H8.C6H6.C5H5N.11C2H6/c1-2-6-10-8-4-3-7-9(10)5-1;1-2-5-9-7-3-6-8(9)4-1;2*1-2-4-6-5-3-1;11*1-2/h1-8H;1-6H,7H2;1-6H;1-5H;11*1-2H3. The lowest BCUT2D eigenvalue weighted by Gasteiger charge is -1.93. The summed E-state index contributed by atoms with van der Waals surface area (Å²) in [5, 5.41) is 2.62. The Bertz CT molecular complexity index is 999. The molecule has 0 unspecified atom stereocenters. The number of hydrogen-bond acceptors (Lipinski definition) is 1. The molecule has 0 N–H and O–H groups in total. The van der Waals surface area contributed by atoms with E-state index in [0.29, 0.717) is 0 Å². The number of aromatic nitrogens is 1. The van der Waals surface area contributed by atoms with Crippen molar-refractivity contribution < 1.29 is 0 Å². The average molecular weight is 732 g/mol. The van der Waals surface area contributed by atoms with Gasteiger partial charge >= 0.3 is 0 Å². The lowest BCUT2D eigenvalue weighted by molar-refractivity contribution is 1.31. The largest absolute Gasteiger partial charge is 0.265 e. The second kappa shape index (κ2) is 86.6. The van der Waals surface area contributed by atoms with E-state index in [-0.39, 0.29) is 0 Å². The summed E-state index contributed by atoms with van der Waals surface area (Å²) in [4.78, 5) is 3.78. The van der Waals surface area contributed by atoms with E-state index in [2.05, 4.69) is 89.9 Å². The quantitative estimate of drug-likeness (QED) is 0.155. The van der Waals surface area contributed by atoms with Gasteiger partial charge in [0, 0.05) is 12.4 Å². The molecule has 0 radical (unpaired) electrons. The summed E-state index contributed by atoms with van der Waals surface area (Å²) in [6.07, 6.45) is 9.00. The molecule has 0 spiro atoms. The van der Waals surface area contributed by atoms with Crippen LogP contribution in [0.5, 0.6) is 0 Å². The molecule has 1 aromatic heterocycles. The van der Waals surface area contributed by atoms with Crippen molar-refractivity contribution in [2.45, 2.75) is 159 Å². The third kappa shape index (κ3) is 55.0. The summed E-state index contributed by atoms with van der Waals surface area (Å²) in [5.41, 5.74) is 2.84. The van der Waals surface area contributed by atoms with Gasteiger partial charge in [0.05, 0.1) is 0 Å². The second-order valence-electron chi connectivity index (χ2n) is 6.83. The van der Waals surface area contributed by atoms with Gasteiger partial charge in [0.1, 0.15) is 0 Å². The molecule has 1 nitrogen and oxygen atoms in total. The lowest BCUT2D eigenvalue weighted by Crippen LogP contribution is -1.76. The van der Waals surface area contributed by atoms with Crippen molar-refractivity contribution in [1.29, 1.82) is 0 Å². The Morgan fingerprint density at radius 1 is 0.302 bits per heavy atom. The number of rotatable bonds is 0. The Balaban J connectivity index is -0.0000000600. The van der Waals surface area contributed by atoms with E-state index >= 15 is 0 Å². The molecule has 0 atom stereocenters. The van der Waals surface area contributed by atoms with Crippen LogP contribution in [0.4, 0.5) is 0 Å². The molecule has 0 saturated carbocycles. The van der Waals surface area contributed by atoms with Crippen LogP contribution >= 0.6 is 0 Å². The molecule has 0 fully saturated rings. The van der Waals surface area contributed by atoms with Gasteiger partial charge < -0.3 is 0 Å². The highest BCUT2D eigenvalue weighted by molar-refractivity contribution is 5.82. The van der Waals surface area contributed by atoms with E-state index in [9.17, 15) is 0 Å². The third-order valence-electron chi connectivity index (χ3n) is 4.58. The topological polar surface area (TPSA) is 12.9 Å². The fourth-order valence-corrected chi connectivity index (χ4v) is 3.03. The van der Waals surface area contributed by atoms with Gasteiger partial charge in [-0.25, -0.2) is 0 Å². The third-order valence-corrected chi connectivity index (χ3v) is 4.58. The minimum absolute atomic E-state index is 1.12. The highest BCUT2D eigenvalue weighted by Gasteiger charge is 2.00. The summed E-state index contributed by atoms with van der Waals surface area (Å²) >= 11 is 0. The molecule has 5 aromatic rings. The van der Waals surface area contributed by atoms with Crippen molar-refractivity contribution in [2.75, 3.05) is 0 Å². The maximum Gasteiger partial charge on any atom is 0.0267 e. The van der Waals surface area contributed by atoms with E-state index in [1.807, 2.05) is 207 Å². The summed E-state index contributed by atoms with van der Waals surface area (Å²) in [5.74, 6) is 0. The smallest absolute Gasteiger partial charge is 0.0267 e. The van der Waals surface area contributed by atoms with Crippen LogP contribution in [0.15, 0.2) is 146 Å². The summed E-state index contributed by atoms with van der Waals surface area (Å²) in [6.45, 7) is 44.0. The minimum Gasteiger partial charge on any atom is -0.265 e. The van der Waals surface area contributed by atoms with Crippen molar-refractivity contribution in [1.82, 2.24) is 4.98 Å². The van der Waals surface area contributed by atoms with Crippen LogP contribution in [-0.4, -0.2) is 4.98 Å². The van der Waals surface area contributed by atoms with Crippen LogP contribution in [0.1, 0.15) is 163 Å². The van der Waals surface area contributed by atoms with Gasteiger partial charge in [-0.2, -0.15) is 0 Å². The summed E-state index contributed by atoms with van der Waals surface area (Å²) in [6, 6.07) is 42.9. The van der Waals surface area contributed by atoms with Gasteiger partial charge in [-0.1, -0.05) is 280 Å². The molecule has 306 valence electrons. The molecule has 6 rings (SSSR count). The molecule has 0 bridgehead atoms. The first-order chi connectivity index (χ1) is 26.4. The highest BCUT2D eigenvalue weighted by Crippen LogP contribution is 2.17. The van der Waals surface area contributed by atoms with E-state index < -0.39 is 0 Å². The zero-order valence-electron chi connectivity index (χ0n) is 39.6. The SMILES string of the molecule is C1=Cc2ccccc2C1.CC.CC.CC.CC.CC.CC.CC.CC.CC.CC.CC.c1ccc2ccccc2c1.c1ccccc1.c1ccncc1. The normalized spacial score (nSPS) is 7.28. The Hall–Kier alpha value is -3.97. The van der Waals surface area contributed by atoms with Gasteiger partial charge in [-0.05, 0) is 40.5 Å². The minimum atomic E-state index is 1.12. The molecule has 1 heterocycles. The molecule has 1 aliphatic carbocycles. The molecular formula is C52H93N. The van der Waals surface area contributed by atoms with Gasteiger partial charge in [-0.3, -0.25) is 4.98 Å². The fraction of sp³-hybridized carbons (Fsp3) is 0.442. The molecular weight excluding hydrogens is 639 g/mol. The molecule has 0 saturated heterocycles. The van der Waals surface area contributed by atoms with E-state index in [4.69, 9.17) is 0 Å². The number of benzene rings is 4. The summed E-state index contributed by atoms with van der Waals surface area (Å²) < 4.78 is 0. The predicted octanol–water partition coefficient (Wildman–Crippen LogP) is 19.2. The maximum absolute atomic E-state index is 3.78. The van der Waals surface area contributed by atoms with Crippen LogP contribution < -0.4 is 0 Å². The molecule has 0 aliphatic heterocycles. The fourth-order valence-electron chi connectivity index (χ4n) is 3.03. The first-order valence-corrected chi connectivity index (χ1v) is 21.5. The molecule has 1 aliphatic rings. The van der Waals surface area contributed by atoms with Gasteiger partial charge in [0.15, 0.2) is 0 Å². The lowest BCUT2D eigenvalue weighted by atomic mass is 10.1. The van der Waals surface area contributed by atoms with Crippen LogP contribution in [0, 0.1) is 0 Å². The molecule has 0 amide bonds. The van der Waals surface area contributed by atoms with Crippen LogP contribution in [0.25, 0.3) is 16.8 Å². The Morgan fingerprint density at radius 2 is 0.566 bits per heavy atom. The first-order valence-electron chi connectivity index (χ1n) is 21.5. The summed E-state index contributed by atoms with van der Waals surface area (Å²) in [7, 11) is 0. The highest BCUT2D eigenvalue weighted by atomic mass is 14.6. The van der Waals surface area contributed by atoms with Crippen LogP contribution in [0.2, 0.25) is 0 Å². The zero-order chi connectivity index (χ0) is 43.4. The van der Waals surface area contributed by atoms with Crippen molar-refractivity contribution in [3.63, 3.8) is 0 Å². The van der Waals surface area contributed by atoms with Gasteiger partial charge in [0.2, 0.25) is 0 Å². The molecule has 53 heavy (non-hydrogen) atoms. The van der Waals surface area contributed by atoms with Crippen molar-refractivity contribution in [3.8, 4) is 0 Å². The first kappa shape index (κ1) is 70.6. The molecule has 4 aromatic carbocycles. The Kier molecular flexibility index (Phi) is 115. The zero-order valence-corrected chi connectivity index (χ0v) is 39.6. The van der Waals surface area contributed by atoms with Gasteiger partial charge in [-0.15, -0.1) is 0 Å². The number of hydrogen-bond donors (Lipinski definition) is 0. The molecule has 1 heteroatoms. The number of fused-ring (bicyclic) bond motifs is 2. The van der Waals surface area contributed by atoms with E-state index in [1.165, 1.54) is 21.9 Å². The average Bonchev–Trinajstić information content (AvgIpc) is 3.82. The van der Waals surface area contributed by atoms with Crippen molar-refractivity contribution in [3.05, 3.63) is 157 Å². The van der Waals surface area contributed by atoms with Gasteiger partial charge in [0.25, 0.3) is 0 Å². The Morgan fingerprint density at radius 3 is 0.811 bits per heavy atom. The van der Waals surface area contributed by atoms with Crippen LogP contribution in [0.3, 0.4) is 0 Å². The number of allylic oxidation sites excluding steroid dienone is 1. The van der Waals surface area contributed by atoms with Crippen LogP contribution in [-0.2, 0) is 6.42 Å².